The van der Waals surface area contributed by atoms with Gasteiger partial charge < -0.3 is 0 Å². The predicted molar refractivity (Wildman–Crippen MR) is 178 cm³/mol. The van der Waals surface area contributed by atoms with Crippen LogP contribution in [0.4, 0.5) is 5.69 Å². The first-order chi connectivity index (χ1) is 22.0. The molecule has 0 atom stereocenters. The van der Waals surface area contributed by atoms with Gasteiger partial charge >= 0.3 is 0 Å². The Morgan fingerprint density at radius 3 is 1.59 bits per heavy atom. The molecule has 2 heterocycles. The highest BCUT2D eigenvalue weighted by molar-refractivity contribution is 6.34. The standard InChI is InChI=1S/C40H32N2O4/c1-39(2,26-9-6-5-7-10-26)28-11-8-12-29(23-28)40(3,4)27-15-17-30(18-16-27)42-37(45)32-20-14-25(22-34(32)38(42)46)24-13-19-31-33(21-24)36(44)41-35(31)43/h5-23H,1-4H3,(H,41,43,44). The molecular weight excluding hydrogens is 572 g/mol. The number of nitrogens with zero attached hydrogens (tertiary/aromatic N) is 1. The number of nitrogens with one attached hydrogen (secondary N) is 1. The van der Waals surface area contributed by atoms with E-state index < -0.39 is 17.7 Å². The average Bonchev–Trinajstić information content (AvgIpc) is 3.50. The molecule has 4 amide bonds. The highest BCUT2D eigenvalue weighted by atomic mass is 16.2. The number of carbonyl (C=O) groups excluding carboxylic acids is 4. The van der Waals surface area contributed by atoms with E-state index in [0.29, 0.717) is 39.1 Å². The van der Waals surface area contributed by atoms with E-state index in [1.165, 1.54) is 21.6 Å². The number of rotatable bonds is 6. The summed E-state index contributed by atoms with van der Waals surface area (Å²) >= 11 is 0. The van der Waals surface area contributed by atoms with Gasteiger partial charge in [-0.2, -0.15) is 0 Å². The molecule has 0 aliphatic carbocycles. The van der Waals surface area contributed by atoms with E-state index in [2.05, 4.69) is 81.5 Å². The molecule has 0 saturated carbocycles. The zero-order valence-electron chi connectivity index (χ0n) is 26.0. The molecule has 46 heavy (non-hydrogen) atoms. The van der Waals surface area contributed by atoms with E-state index in [9.17, 15) is 19.2 Å². The fourth-order valence-electron chi connectivity index (χ4n) is 6.51. The third-order valence-electron chi connectivity index (χ3n) is 9.60. The van der Waals surface area contributed by atoms with Crippen molar-refractivity contribution in [3.8, 4) is 11.1 Å². The zero-order chi connectivity index (χ0) is 32.4. The minimum atomic E-state index is -0.448. The molecule has 0 bridgehead atoms. The van der Waals surface area contributed by atoms with Crippen LogP contribution >= 0.6 is 0 Å². The Labute approximate surface area is 267 Å². The highest BCUT2D eigenvalue weighted by Gasteiger charge is 2.37. The van der Waals surface area contributed by atoms with E-state index in [4.69, 9.17) is 0 Å². The number of fused-ring (bicyclic) bond motifs is 2. The largest absolute Gasteiger partial charge is 0.288 e. The molecule has 0 aromatic heterocycles. The summed E-state index contributed by atoms with van der Waals surface area (Å²) in [5.41, 5.74) is 7.28. The van der Waals surface area contributed by atoms with Crippen molar-refractivity contribution >= 4 is 29.3 Å². The van der Waals surface area contributed by atoms with Crippen LogP contribution in [-0.2, 0) is 10.8 Å². The van der Waals surface area contributed by atoms with Gasteiger partial charge in [0.2, 0.25) is 0 Å². The second kappa shape index (κ2) is 10.5. The van der Waals surface area contributed by atoms with Crippen molar-refractivity contribution in [2.24, 2.45) is 0 Å². The second-order valence-corrected chi connectivity index (χ2v) is 13.0. The minimum Gasteiger partial charge on any atom is -0.288 e. The summed E-state index contributed by atoms with van der Waals surface area (Å²) in [4.78, 5) is 52.4. The van der Waals surface area contributed by atoms with Crippen LogP contribution in [0.3, 0.4) is 0 Å². The van der Waals surface area contributed by atoms with Gasteiger partial charge in [-0.05, 0) is 69.8 Å². The number of benzene rings is 5. The Morgan fingerprint density at radius 1 is 0.457 bits per heavy atom. The summed E-state index contributed by atoms with van der Waals surface area (Å²) in [7, 11) is 0. The zero-order valence-corrected chi connectivity index (χ0v) is 26.0. The van der Waals surface area contributed by atoms with Crippen molar-refractivity contribution in [2.45, 2.75) is 38.5 Å². The molecule has 6 heteroatoms. The lowest BCUT2D eigenvalue weighted by Crippen LogP contribution is -2.29. The number of hydrogen-bond acceptors (Lipinski definition) is 4. The Hall–Kier alpha value is -5.62. The lowest BCUT2D eigenvalue weighted by Gasteiger charge is -2.31. The van der Waals surface area contributed by atoms with Crippen molar-refractivity contribution in [1.82, 2.24) is 5.32 Å². The first-order valence-electron chi connectivity index (χ1n) is 15.3. The molecule has 0 fully saturated rings. The average molecular weight is 605 g/mol. The number of carbonyl (C=O) groups is 4. The second-order valence-electron chi connectivity index (χ2n) is 13.0. The summed E-state index contributed by atoms with van der Waals surface area (Å²) in [6.07, 6.45) is 0. The third-order valence-corrected chi connectivity index (χ3v) is 9.60. The molecule has 2 aliphatic heterocycles. The molecule has 5 aromatic carbocycles. The Balaban J connectivity index is 1.15. The maximum absolute atomic E-state index is 13.6. The summed E-state index contributed by atoms with van der Waals surface area (Å²) in [5.74, 6) is -1.66. The third kappa shape index (κ3) is 4.57. The van der Waals surface area contributed by atoms with Gasteiger partial charge in [-0.15, -0.1) is 0 Å². The van der Waals surface area contributed by atoms with Gasteiger partial charge in [0.05, 0.1) is 27.9 Å². The van der Waals surface area contributed by atoms with E-state index in [0.717, 1.165) is 5.56 Å². The molecule has 0 spiro atoms. The van der Waals surface area contributed by atoms with Crippen LogP contribution in [0.2, 0.25) is 0 Å². The molecule has 0 radical (unpaired) electrons. The molecule has 1 N–H and O–H groups in total. The molecule has 7 rings (SSSR count). The van der Waals surface area contributed by atoms with Crippen LogP contribution in [-0.4, -0.2) is 23.6 Å². The minimum absolute atomic E-state index is 0.170. The Morgan fingerprint density at radius 2 is 0.957 bits per heavy atom. The van der Waals surface area contributed by atoms with Crippen molar-refractivity contribution < 1.29 is 19.2 Å². The fourth-order valence-corrected chi connectivity index (χ4v) is 6.51. The molecular formula is C40H32N2O4. The van der Waals surface area contributed by atoms with E-state index in [1.54, 1.807) is 36.4 Å². The van der Waals surface area contributed by atoms with E-state index in [1.807, 2.05) is 30.3 Å². The highest BCUT2D eigenvalue weighted by Crippen LogP contribution is 2.38. The van der Waals surface area contributed by atoms with Gasteiger partial charge in [0, 0.05) is 10.8 Å². The van der Waals surface area contributed by atoms with Gasteiger partial charge in [0.1, 0.15) is 0 Å². The van der Waals surface area contributed by atoms with Crippen molar-refractivity contribution in [3.05, 3.63) is 160 Å². The normalized spacial score (nSPS) is 14.4. The smallest absolute Gasteiger partial charge is 0.266 e. The van der Waals surface area contributed by atoms with Gasteiger partial charge in [-0.1, -0.05) is 107 Å². The maximum atomic E-state index is 13.6. The maximum Gasteiger partial charge on any atom is 0.266 e. The molecule has 226 valence electrons. The summed E-state index contributed by atoms with van der Waals surface area (Å²) < 4.78 is 0. The van der Waals surface area contributed by atoms with Crippen molar-refractivity contribution in [2.75, 3.05) is 4.90 Å². The molecule has 0 unspecified atom stereocenters. The van der Waals surface area contributed by atoms with Crippen LogP contribution in [0.1, 0.15) is 91.4 Å². The number of hydrogen-bond donors (Lipinski definition) is 1. The van der Waals surface area contributed by atoms with Crippen LogP contribution in [0.15, 0.2) is 115 Å². The van der Waals surface area contributed by atoms with Crippen molar-refractivity contribution in [3.63, 3.8) is 0 Å². The van der Waals surface area contributed by atoms with Crippen LogP contribution in [0.5, 0.6) is 0 Å². The van der Waals surface area contributed by atoms with Crippen LogP contribution < -0.4 is 10.2 Å². The molecule has 5 aromatic rings. The van der Waals surface area contributed by atoms with E-state index in [-0.39, 0.29) is 16.7 Å². The number of imide groups is 2. The predicted octanol–water partition coefficient (Wildman–Crippen LogP) is 7.69. The van der Waals surface area contributed by atoms with Gasteiger partial charge in [0.15, 0.2) is 0 Å². The van der Waals surface area contributed by atoms with E-state index >= 15 is 0 Å². The molecule has 2 aliphatic rings. The van der Waals surface area contributed by atoms with Crippen LogP contribution in [0.25, 0.3) is 11.1 Å². The van der Waals surface area contributed by atoms with Gasteiger partial charge in [0.25, 0.3) is 23.6 Å². The monoisotopic (exact) mass is 604 g/mol. The summed E-state index contributed by atoms with van der Waals surface area (Å²) in [6, 6.07) is 36.8. The SMILES string of the molecule is CC(C)(c1ccccc1)c1cccc(C(C)(C)c2ccc(N3C(=O)c4ccc(-c5ccc6c(c5)C(=O)NC6=O)cc4C3=O)cc2)c1. The topological polar surface area (TPSA) is 83.6 Å². The molecule has 0 saturated heterocycles. The molecule has 6 nitrogen and oxygen atoms in total. The Bertz CT molecular complexity index is 2090. The first-order valence-corrected chi connectivity index (χ1v) is 15.3. The van der Waals surface area contributed by atoms with Gasteiger partial charge in [-0.25, -0.2) is 4.90 Å². The summed E-state index contributed by atoms with van der Waals surface area (Å²) in [6.45, 7) is 8.83. The quantitative estimate of drug-likeness (QED) is 0.202. The number of anilines is 1. The first kappa shape index (κ1) is 29.1. The van der Waals surface area contributed by atoms with Gasteiger partial charge in [-0.3, -0.25) is 24.5 Å². The Kier molecular flexibility index (Phi) is 6.64. The lowest BCUT2D eigenvalue weighted by atomic mass is 9.73. The lowest BCUT2D eigenvalue weighted by molar-refractivity contribution is 0.0874. The summed E-state index contributed by atoms with van der Waals surface area (Å²) in [5, 5.41) is 2.29. The van der Waals surface area contributed by atoms with Crippen LogP contribution in [0, 0.1) is 0 Å². The fraction of sp³-hybridized carbons (Fsp3) is 0.150. The van der Waals surface area contributed by atoms with Crippen molar-refractivity contribution in [1.29, 1.82) is 0 Å². The number of amides is 4.